The third-order valence-corrected chi connectivity index (χ3v) is 6.30. The van der Waals surface area contributed by atoms with Crippen LogP contribution in [0.25, 0.3) is 0 Å². The van der Waals surface area contributed by atoms with Crippen molar-refractivity contribution in [1.82, 2.24) is 29.5 Å². The number of amides is 1. The summed E-state index contributed by atoms with van der Waals surface area (Å²) in [5.74, 6) is 0.627. The van der Waals surface area contributed by atoms with Crippen molar-refractivity contribution in [3.63, 3.8) is 0 Å². The molecule has 2 atom stereocenters. The van der Waals surface area contributed by atoms with Gasteiger partial charge in [-0.15, -0.1) is 0 Å². The molecule has 2 bridgehead atoms. The summed E-state index contributed by atoms with van der Waals surface area (Å²) in [6.45, 7) is 5.96. The third kappa shape index (κ3) is 3.60. The Morgan fingerprint density at radius 1 is 1.21 bits per heavy atom. The molecule has 3 aliphatic heterocycles. The van der Waals surface area contributed by atoms with Gasteiger partial charge in [-0.05, 0) is 24.8 Å². The molecule has 0 aromatic carbocycles. The van der Waals surface area contributed by atoms with Crippen LogP contribution >= 0.6 is 0 Å². The summed E-state index contributed by atoms with van der Waals surface area (Å²) >= 11 is 0. The van der Waals surface area contributed by atoms with Gasteiger partial charge in [-0.3, -0.25) is 19.6 Å². The van der Waals surface area contributed by atoms with Crippen molar-refractivity contribution in [3.05, 3.63) is 45.9 Å². The summed E-state index contributed by atoms with van der Waals surface area (Å²) in [6, 6.07) is 4.08. The van der Waals surface area contributed by atoms with Crippen molar-refractivity contribution in [2.75, 3.05) is 39.4 Å². The second-order valence-corrected chi connectivity index (χ2v) is 8.28. The van der Waals surface area contributed by atoms with E-state index in [4.69, 9.17) is 4.74 Å². The average Bonchev–Trinajstić information content (AvgIpc) is 3.15. The lowest BCUT2D eigenvalue weighted by Crippen LogP contribution is -2.49. The van der Waals surface area contributed by atoms with Gasteiger partial charge < -0.3 is 14.2 Å². The molecule has 5 rings (SSSR count). The summed E-state index contributed by atoms with van der Waals surface area (Å²) < 4.78 is 7.48. The first-order valence-corrected chi connectivity index (χ1v) is 10.4. The number of fused-ring (bicyclic) bond motifs is 4. The Labute approximate surface area is 168 Å². The Hall–Kier alpha value is -2.52. The standard InChI is InChI=1S/C20H26N6O3/c27-19-15(11-24-4-1-6-29-7-5-24)2-3-17-16-8-14(10-26(17)19)9-25(12-16)20(28)18-21-13-22-23-18/h2-3,13-14,16H,1,4-12H2,(H,21,22,23)/t14-,16+/m0/s1. The number of carbonyl (C=O) groups is 1. The van der Waals surface area contributed by atoms with E-state index in [1.165, 1.54) is 6.33 Å². The number of aromatic nitrogens is 4. The molecule has 2 fully saturated rings. The molecule has 154 valence electrons. The zero-order valence-electron chi connectivity index (χ0n) is 16.4. The quantitative estimate of drug-likeness (QED) is 0.806. The lowest BCUT2D eigenvalue weighted by Gasteiger charge is -2.42. The maximum atomic E-state index is 13.2. The molecule has 5 heterocycles. The molecule has 0 saturated carbocycles. The van der Waals surface area contributed by atoms with Gasteiger partial charge in [-0.25, -0.2) is 4.98 Å². The van der Waals surface area contributed by atoms with Crippen LogP contribution in [-0.4, -0.2) is 74.8 Å². The van der Waals surface area contributed by atoms with Crippen LogP contribution in [0.3, 0.4) is 0 Å². The first-order chi connectivity index (χ1) is 14.2. The highest BCUT2D eigenvalue weighted by Crippen LogP contribution is 2.35. The number of rotatable bonds is 3. The van der Waals surface area contributed by atoms with Gasteiger partial charge in [0.05, 0.1) is 6.61 Å². The van der Waals surface area contributed by atoms with E-state index in [-0.39, 0.29) is 29.1 Å². The zero-order chi connectivity index (χ0) is 19.8. The second kappa shape index (κ2) is 7.72. The molecule has 29 heavy (non-hydrogen) atoms. The Morgan fingerprint density at radius 3 is 3.00 bits per heavy atom. The van der Waals surface area contributed by atoms with Gasteiger partial charge in [-0.2, -0.15) is 5.10 Å². The number of H-pyrrole nitrogens is 1. The van der Waals surface area contributed by atoms with Crippen LogP contribution in [0.15, 0.2) is 23.3 Å². The molecule has 0 radical (unpaired) electrons. The molecule has 2 aromatic rings. The third-order valence-electron chi connectivity index (χ3n) is 6.30. The van der Waals surface area contributed by atoms with Gasteiger partial charge in [0.15, 0.2) is 0 Å². The molecule has 2 aromatic heterocycles. The van der Waals surface area contributed by atoms with Crippen molar-refractivity contribution in [1.29, 1.82) is 0 Å². The van der Waals surface area contributed by atoms with E-state index in [9.17, 15) is 9.59 Å². The van der Waals surface area contributed by atoms with Crippen LogP contribution in [0.1, 0.15) is 40.6 Å². The number of pyridine rings is 1. The minimum atomic E-state index is -0.118. The monoisotopic (exact) mass is 398 g/mol. The average molecular weight is 398 g/mol. The molecular formula is C20H26N6O3. The topological polar surface area (TPSA) is 96.4 Å². The fourth-order valence-corrected chi connectivity index (χ4v) is 4.93. The molecule has 3 aliphatic rings. The number of piperidine rings is 1. The van der Waals surface area contributed by atoms with E-state index < -0.39 is 0 Å². The highest BCUT2D eigenvalue weighted by atomic mass is 16.5. The Balaban J connectivity index is 1.36. The Morgan fingerprint density at radius 2 is 2.14 bits per heavy atom. The van der Waals surface area contributed by atoms with Gasteiger partial charge >= 0.3 is 0 Å². The van der Waals surface area contributed by atoms with Gasteiger partial charge in [0.1, 0.15) is 6.33 Å². The van der Waals surface area contributed by atoms with E-state index in [0.717, 1.165) is 50.4 Å². The second-order valence-electron chi connectivity index (χ2n) is 8.28. The van der Waals surface area contributed by atoms with Crippen LogP contribution in [-0.2, 0) is 17.8 Å². The minimum absolute atomic E-state index is 0.118. The van der Waals surface area contributed by atoms with Crippen LogP contribution in [0.4, 0.5) is 0 Å². The molecule has 2 saturated heterocycles. The molecule has 0 aliphatic carbocycles. The minimum Gasteiger partial charge on any atom is -0.380 e. The number of carbonyl (C=O) groups excluding carboxylic acids is 1. The molecular weight excluding hydrogens is 372 g/mol. The van der Waals surface area contributed by atoms with E-state index >= 15 is 0 Å². The number of hydrogen-bond acceptors (Lipinski definition) is 6. The fraction of sp³-hybridized carbons (Fsp3) is 0.600. The van der Waals surface area contributed by atoms with Crippen molar-refractivity contribution in [3.8, 4) is 0 Å². The summed E-state index contributed by atoms with van der Waals surface area (Å²) in [5, 5.41) is 6.44. The van der Waals surface area contributed by atoms with Gasteiger partial charge in [0.25, 0.3) is 11.5 Å². The van der Waals surface area contributed by atoms with Crippen LogP contribution in [0, 0.1) is 5.92 Å². The highest BCUT2D eigenvalue weighted by molar-refractivity contribution is 5.90. The predicted octanol–water partition coefficient (Wildman–Crippen LogP) is 0.448. The largest absolute Gasteiger partial charge is 0.380 e. The maximum absolute atomic E-state index is 13.2. The van der Waals surface area contributed by atoms with Crippen molar-refractivity contribution in [2.24, 2.45) is 5.92 Å². The smallest absolute Gasteiger partial charge is 0.291 e. The fourth-order valence-electron chi connectivity index (χ4n) is 4.93. The van der Waals surface area contributed by atoms with Gasteiger partial charge in [0, 0.05) is 63.1 Å². The number of aromatic amines is 1. The first kappa shape index (κ1) is 18.5. The van der Waals surface area contributed by atoms with E-state index in [2.05, 4.69) is 26.1 Å². The Kier molecular flexibility index (Phi) is 4.92. The molecule has 0 spiro atoms. The van der Waals surface area contributed by atoms with Crippen molar-refractivity contribution < 1.29 is 9.53 Å². The van der Waals surface area contributed by atoms with Crippen LogP contribution in [0.2, 0.25) is 0 Å². The van der Waals surface area contributed by atoms with Gasteiger partial charge in [-0.1, -0.05) is 6.07 Å². The highest BCUT2D eigenvalue weighted by Gasteiger charge is 2.37. The lowest BCUT2D eigenvalue weighted by atomic mass is 9.83. The van der Waals surface area contributed by atoms with Crippen LogP contribution in [0.5, 0.6) is 0 Å². The SMILES string of the molecule is O=C(c1ncn[nH]1)N1C[C@@H]2C[C@H](C1)c1ccc(CN3CCCOCC3)c(=O)n1C2. The molecule has 9 heteroatoms. The molecule has 9 nitrogen and oxygen atoms in total. The zero-order valence-corrected chi connectivity index (χ0v) is 16.4. The summed E-state index contributed by atoms with van der Waals surface area (Å²) in [4.78, 5) is 34.0. The number of nitrogens with zero attached hydrogens (tertiary/aromatic N) is 5. The molecule has 1 N–H and O–H groups in total. The van der Waals surface area contributed by atoms with E-state index in [0.29, 0.717) is 26.2 Å². The van der Waals surface area contributed by atoms with Crippen molar-refractivity contribution in [2.45, 2.75) is 31.8 Å². The normalized spacial score (nSPS) is 24.8. The van der Waals surface area contributed by atoms with E-state index in [1.54, 1.807) is 0 Å². The first-order valence-electron chi connectivity index (χ1n) is 10.4. The van der Waals surface area contributed by atoms with Crippen molar-refractivity contribution >= 4 is 5.91 Å². The lowest BCUT2D eigenvalue weighted by molar-refractivity contribution is 0.0582. The number of likely N-dealkylation sites (tertiary alicyclic amines) is 1. The van der Waals surface area contributed by atoms with Crippen LogP contribution < -0.4 is 5.56 Å². The molecule has 1 amide bonds. The molecule has 0 unspecified atom stereocenters. The number of ether oxygens (including phenoxy) is 1. The number of hydrogen-bond donors (Lipinski definition) is 1. The summed E-state index contributed by atoms with van der Waals surface area (Å²) in [7, 11) is 0. The maximum Gasteiger partial charge on any atom is 0.291 e. The summed E-state index contributed by atoms with van der Waals surface area (Å²) in [5.41, 5.74) is 2.02. The summed E-state index contributed by atoms with van der Waals surface area (Å²) in [6.07, 6.45) is 3.37. The van der Waals surface area contributed by atoms with E-state index in [1.807, 2.05) is 15.5 Å². The number of nitrogens with one attached hydrogen (secondary N) is 1. The van der Waals surface area contributed by atoms with Gasteiger partial charge in [0.2, 0.25) is 5.82 Å². The predicted molar refractivity (Wildman–Crippen MR) is 105 cm³/mol. The Bertz CT molecular complexity index is 932.